The standard InChI is InChI=1S/C14H27N3/c1-10(2)12-9-13(17-7-5-6-8-17)16-14(15-12)11(3)4/h10-13H,5-9H2,1-4H3,(H,15,16). The minimum absolute atomic E-state index is 0.434. The van der Waals surface area contributed by atoms with Crippen molar-refractivity contribution < 1.29 is 0 Å². The second-order valence-electron chi connectivity index (χ2n) is 6.12. The molecule has 0 spiro atoms. The molecule has 2 rings (SSSR count). The topological polar surface area (TPSA) is 27.6 Å². The third-order valence-electron chi connectivity index (χ3n) is 4.00. The van der Waals surface area contributed by atoms with E-state index in [4.69, 9.17) is 4.99 Å². The van der Waals surface area contributed by atoms with E-state index in [0.29, 0.717) is 24.0 Å². The first kappa shape index (κ1) is 12.9. The molecule has 2 heterocycles. The Bertz CT molecular complexity index is 277. The predicted octanol–water partition coefficient (Wildman–Crippen LogP) is 2.48. The molecule has 0 aliphatic carbocycles. The van der Waals surface area contributed by atoms with Crippen LogP contribution in [0.25, 0.3) is 0 Å². The Balaban J connectivity index is 2.10. The fourth-order valence-corrected chi connectivity index (χ4v) is 2.75. The van der Waals surface area contributed by atoms with Crippen molar-refractivity contribution in [3.63, 3.8) is 0 Å². The zero-order valence-electron chi connectivity index (χ0n) is 11.7. The van der Waals surface area contributed by atoms with Crippen LogP contribution in [0.2, 0.25) is 0 Å². The van der Waals surface area contributed by atoms with Gasteiger partial charge in [0, 0.05) is 31.5 Å². The maximum atomic E-state index is 4.93. The third-order valence-corrected chi connectivity index (χ3v) is 4.00. The fraction of sp³-hybridized carbons (Fsp3) is 0.929. The Kier molecular flexibility index (Phi) is 4.08. The van der Waals surface area contributed by atoms with Gasteiger partial charge in [0.25, 0.3) is 0 Å². The summed E-state index contributed by atoms with van der Waals surface area (Å²) in [5, 5.41) is 3.63. The number of nitrogens with zero attached hydrogens (tertiary/aromatic N) is 2. The molecular weight excluding hydrogens is 210 g/mol. The third kappa shape index (κ3) is 3.01. The smallest absolute Gasteiger partial charge is 0.106 e. The van der Waals surface area contributed by atoms with E-state index in [1.54, 1.807) is 0 Å². The van der Waals surface area contributed by atoms with Crippen molar-refractivity contribution in [2.24, 2.45) is 16.8 Å². The van der Waals surface area contributed by atoms with Gasteiger partial charge in [-0.15, -0.1) is 0 Å². The Morgan fingerprint density at radius 2 is 1.82 bits per heavy atom. The van der Waals surface area contributed by atoms with Crippen molar-refractivity contribution in [1.29, 1.82) is 0 Å². The summed E-state index contributed by atoms with van der Waals surface area (Å²) in [5.74, 6) is 2.41. The average Bonchev–Trinajstić information content (AvgIpc) is 2.81. The highest BCUT2D eigenvalue weighted by molar-refractivity contribution is 5.85. The first-order chi connectivity index (χ1) is 8.08. The molecule has 1 N–H and O–H groups in total. The van der Waals surface area contributed by atoms with E-state index in [0.717, 1.165) is 0 Å². The van der Waals surface area contributed by atoms with E-state index in [9.17, 15) is 0 Å². The average molecular weight is 237 g/mol. The van der Waals surface area contributed by atoms with E-state index in [1.807, 2.05) is 0 Å². The van der Waals surface area contributed by atoms with E-state index in [1.165, 1.54) is 38.2 Å². The summed E-state index contributed by atoms with van der Waals surface area (Å²) in [4.78, 5) is 7.50. The van der Waals surface area contributed by atoms with Gasteiger partial charge in [-0.25, -0.2) is 0 Å². The molecule has 0 aromatic carbocycles. The van der Waals surface area contributed by atoms with Gasteiger partial charge in [0.05, 0.1) is 0 Å². The van der Waals surface area contributed by atoms with Crippen LogP contribution in [0.15, 0.2) is 4.99 Å². The molecule has 0 radical (unpaired) electrons. The number of rotatable bonds is 3. The number of likely N-dealkylation sites (tertiary alicyclic amines) is 1. The quantitative estimate of drug-likeness (QED) is 0.816. The Labute approximate surface area is 106 Å². The first-order valence-electron chi connectivity index (χ1n) is 7.16. The van der Waals surface area contributed by atoms with Gasteiger partial charge in [0.1, 0.15) is 12.0 Å². The van der Waals surface area contributed by atoms with Crippen LogP contribution >= 0.6 is 0 Å². The van der Waals surface area contributed by atoms with Gasteiger partial charge in [-0.1, -0.05) is 27.7 Å². The SMILES string of the molecule is CC(C)C1=NC(N2CCCC2)CC(C(C)C)N1. The molecule has 3 nitrogen and oxygen atoms in total. The summed E-state index contributed by atoms with van der Waals surface area (Å²) in [6.45, 7) is 11.6. The lowest BCUT2D eigenvalue weighted by Gasteiger charge is -2.37. The maximum Gasteiger partial charge on any atom is 0.106 e. The molecule has 0 aromatic heterocycles. The van der Waals surface area contributed by atoms with Crippen LogP contribution in [-0.4, -0.2) is 36.0 Å². The molecule has 2 aliphatic heterocycles. The molecule has 1 saturated heterocycles. The van der Waals surface area contributed by atoms with Crippen LogP contribution in [0.5, 0.6) is 0 Å². The van der Waals surface area contributed by atoms with E-state index in [2.05, 4.69) is 37.9 Å². The zero-order valence-corrected chi connectivity index (χ0v) is 11.7. The second-order valence-corrected chi connectivity index (χ2v) is 6.12. The molecule has 2 aliphatic rings. The van der Waals surface area contributed by atoms with Crippen molar-refractivity contribution in [2.75, 3.05) is 13.1 Å². The molecule has 0 saturated carbocycles. The van der Waals surface area contributed by atoms with Crippen molar-refractivity contribution in [2.45, 2.75) is 59.2 Å². The number of amidine groups is 1. The maximum absolute atomic E-state index is 4.93. The van der Waals surface area contributed by atoms with Gasteiger partial charge in [0.2, 0.25) is 0 Å². The molecule has 17 heavy (non-hydrogen) atoms. The molecule has 0 amide bonds. The van der Waals surface area contributed by atoms with Crippen molar-refractivity contribution >= 4 is 5.84 Å². The fourth-order valence-electron chi connectivity index (χ4n) is 2.75. The summed E-state index contributed by atoms with van der Waals surface area (Å²) >= 11 is 0. The Morgan fingerprint density at radius 3 is 2.35 bits per heavy atom. The second kappa shape index (κ2) is 5.38. The van der Waals surface area contributed by atoms with Gasteiger partial charge in [-0.3, -0.25) is 9.89 Å². The highest BCUT2D eigenvalue weighted by atomic mass is 15.3. The number of nitrogens with one attached hydrogen (secondary N) is 1. The summed E-state index contributed by atoms with van der Waals surface area (Å²) in [6, 6.07) is 0.593. The highest BCUT2D eigenvalue weighted by Crippen LogP contribution is 2.23. The van der Waals surface area contributed by atoms with Gasteiger partial charge < -0.3 is 5.32 Å². The van der Waals surface area contributed by atoms with Crippen LogP contribution in [0.4, 0.5) is 0 Å². The predicted molar refractivity (Wildman–Crippen MR) is 73.2 cm³/mol. The van der Waals surface area contributed by atoms with Crippen LogP contribution < -0.4 is 5.32 Å². The summed E-state index contributed by atoms with van der Waals surface area (Å²) in [6.07, 6.45) is 4.31. The van der Waals surface area contributed by atoms with E-state index >= 15 is 0 Å². The number of aliphatic imine (C=N–C) groups is 1. The van der Waals surface area contributed by atoms with E-state index < -0.39 is 0 Å². The van der Waals surface area contributed by atoms with Crippen molar-refractivity contribution in [3.05, 3.63) is 0 Å². The van der Waals surface area contributed by atoms with Crippen molar-refractivity contribution in [1.82, 2.24) is 10.2 Å². The Morgan fingerprint density at radius 1 is 1.18 bits per heavy atom. The molecule has 2 atom stereocenters. The number of hydrogen-bond donors (Lipinski definition) is 1. The largest absolute Gasteiger partial charge is 0.370 e. The van der Waals surface area contributed by atoms with Crippen LogP contribution in [-0.2, 0) is 0 Å². The van der Waals surface area contributed by atoms with Gasteiger partial charge in [-0.05, 0) is 18.8 Å². The molecule has 3 heteroatoms. The van der Waals surface area contributed by atoms with Gasteiger partial charge in [-0.2, -0.15) is 0 Å². The minimum atomic E-state index is 0.434. The molecule has 2 unspecified atom stereocenters. The molecule has 1 fully saturated rings. The Hall–Kier alpha value is -0.570. The molecule has 98 valence electrons. The van der Waals surface area contributed by atoms with Crippen LogP contribution in [0.1, 0.15) is 47.0 Å². The van der Waals surface area contributed by atoms with Gasteiger partial charge >= 0.3 is 0 Å². The molecule has 0 bridgehead atoms. The zero-order chi connectivity index (χ0) is 12.4. The summed E-state index contributed by atoms with van der Waals surface area (Å²) < 4.78 is 0. The normalized spacial score (nSPS) is 30.8. The first-order valence-corrected chi connectivity index (χ1v) is 7.16. The van der Waals surface area contributed by atoms with Crippen LogP contribution in [0.3, 0.4) is 0 Å². The van der Waals surface area contributed by atoms with Gasteiger partial charge in [0.15, 0.2) is 0 Å². The number of hydrogen-bond acceptors (Lipinski definition) is 3. The summed E-state index contributed by atoms with van der Waals surface area (Å²) in [7, 11) is 0. The van der Waals surface area contributed by atoms with E-state index in [-0.39, 0.29) is 0 Å². The van der Waals surface area contributed by atoms with Crippen molar-refractivity contribution in [3.8, 4) is 0 Å². The lowest BCUT2D eigenvalue weighted by molar-refractivity contribution is 0.199. The van der Waals surface area contributed by atoms with Crippen LogP contribution in [0, 0.1) is 11.8 Å². The lowest BCUT2D eigenvalue weighted by Crippen LogP contribution is -2.50. The molecule has 0 aromatic rings. The molecular formula is C14H27N3. The summed E-state index contributed by atoms with van der Waals surface area (Å²) in [5.41, 5.74) is 0. The lowest BCUT2D eigenvalue weighted by atomic mass is 9.96. The monoisotopic (exact) mass is 237 g/mol. The minimum Gasteiger partial charge on any atom is -0.370 e. The highest BCUT2D eigenvalue weighted by Gasteiger charge is 2.30.